The second-order valence-electron chi connectivity index (χ2n) is 4.95. The van der Waals surface area contributed by atoms with Gasteiger partial charge in [-0.05, 0) is 31.2 Å². The Bertz CT molecular complexity index is 589. The Morgan fingerprint density at radius 3 is 2.60 bits per heavy atom. The van der Waals surface area contributed by atoms with Crippen LogP contribution < -0.4 is 4.72 Å². The van der Waals surface area contributed by atoms with Crippen LogP contribution in [0.5, 0.6) is 0 Å². The zero-order valence-corrected chi connectivity index (χ0v) is 13.3. The van der Waals surface area contributed by atoms with Gasteiger partial charge in [0.25, 0.3) is 0 Å². The van der Waals surface area contributed by atoms with Gasteiger partial charge in [0.1, 0.15) is 9.77 Å². The fraction of sp³-hybridized carbons (Fsp3) is 0.583. The third kappa shape index (κ3) is 4.02. The van der Waals surface area contributed by atoms with E-state index in [2.05, 4.69) is 4.72 Å². The average molecular weight is 321 g/mol. The lowest BCUT2D eigenvalue weighted by Crippen LogP contribution is -2.40. The Morgan fingerprint density at radius 2 is 2.10 bits per heavy atom. The lowest BCUT2D eigenvalue weighted by Gasteiger charge is -2.23. The van der Waals surface area contributed by atoms with Gasteiger partial charge in [-0.15, -0.1) is 11.3 Å². The molecule has 1 atom stereocenters. The molecule has 0 aliphatic heterocycles. The van der Waals surface area contributed by atoms with E-state index < -0.39 is 21.6 Å². The normalized spacial score (nSPS) is 15.0. The number of aryl methyl sites for hydroxylation is 1. The van der Waals surface area contributed by atoms with Crippen LogP contribution in [0.25, 0.3) is 0 Å². The van der Waals surface area contributed by atoms with E-state index in [1.165, 1.54) is 12.3 Å². The summed E-state index contributed by atoms with van der Waals surface area (Å²) in [5.41, 5.74) is -0.773. The summed E-state index contributed by atoms with van der Waals surface area (Å²) in [6, 6.07) is 0. The molecule has 0 amide bonds. The molecule has 0 aliphatic rings. The van der Waals surface area contributed by atoms with Crippen molar-refractivity contribution < 1.29 is 23.4 Å². The van der Waals surface area contributed by atoms with Gasteiger partial charge < -0.3 is 10.2 Å². The van der Waals surface area contributed by atoms with Gasteiger partial charge in [-0.1, -0.05) is 13.3 Å². The molecule has 0 spiro atoms. The zero-order chi connectivity index (χ0) is 15.6. The van der Waals surface area contributed by atoms with Crippen LogP contribution in [-0.2, 0) is 10.0 Å². The van der Waals surface area contributed by atoms with Crippen molar-refractivity contribution in [2.24, 2.45) is 0 Å². The number of nitrogens with one attached hydrogen (secondary N) is 1. The first-order valence-electron chi connectivity index (χ1n) is 6.14. The van der Waals surface area contributed by atoms with Crippen molar-refractivity contribution in [3.63, 3.8) is 0 Å². The number of sulfonamides is 1. The third-order valence-electron chi connectivity index (χ3n) is 2.81. The molecule has 0 saturated carbocycles. The van der Waals surface area contributed by atoms with Crippen molar-refractivity contribution in [2.45, 2.75) is 44.1 Å². The summed E-state index contributed by atoms with van der Waals surface area (Å²) >= 11 is 0.874. The molecule has 114 valence electrons. The molecule has 0 aromatic carbocycles. The van der Waals surface area contributed by atoms with Gasteiger partial charge in [0.15, 0.2) is 0 Å². The van der Waals surface area contributed by atoms with Crippen molar-refractivity contribution in [1.82, 2.24) is 4.72 Å². The van der Waals surface area contributed by atoms with Gasteiger partial charge >= 0.3 is 5.97 Å². The van der Waals surface area contributed by atoms with Crippen LogP contribution in [0.1, 0.15) is 41.9 Å². The predicted octanol–water partition coefficient (Wildman–Crippen LogP) is 1.58. The highest BCUT2D eigenvalue weighted by Crippen LogP contribution is 2.27. The Balaban J connectivity index is 3.01. The van der Waals surface area contributed by atoms with Crippen LogP contribution in [0.2, 0.25) is 0 Å². The van der Waals surface area contributed by atoms with Crippen LogP contribution in [0.4, 0.5) is 0 Å². The number of hydrogen-bond acceptors (Lipinski definition) is 5. The van der Waals surface area contributed by atoms with E-state index in [-0.39, 0.29) is 16.3 Å². The van der Waals surface area contributed by atoms with Gasteiger partial charge in [0, 0.05) is 6.54 Å². The minimum atomic E-state index is -3.96. The van der Waals surface area contributed by atoms with Gasteiger partial charge in [-0.3, -0.25) is 0 Å². The van der Waals surface area contributed by atoms with Gasteiger partial charge in [-0.25, -0.2) is 17.9 Å². The molecule has 0 fully saturated rings. The van der Waals surface area contributed by atoms with Crippen LogP contribution in [-0.4, -0.2) is 36.7 Å². The molecule has 8 heteroatoms. The molecule has 20 heavy (non-hydrogen) atoms. The molecule has 0 bridgehead atoms. The van der Waals surface area contributed by atoms with Crippen molar-refractivity contribution >= 4 is 27.3 Å². The van der Waals surface area contributed by atoms with Crippen molar-refractivity contribution in [2.75, 3.05) is 6.54 Å². The molecule has 1 aromatic heterocycles. The van der Waals surface area contributed by atoms with Gasteiger partial charge in [0.05, 0.1) is 5.60 Å². The maximum atomic E-state index is 12.2. The second kappa shape index (κ2) is 6.21. The molecular formula is C12H19NO5S2. The first kappa shape index (κ1) is 17.1. The number of aromatic carboxylic acids is 1. The molecular weight excluding hydrogens is 302 g/mol. The first-order valence-corrected chi connectivity index (χ1v) is 8.50. The summed E-state index contributed by atoms with van der Waals surface area (Å²) < 4.78 is 26.7. The molecule has 0 aliphatic carbocycles. The molecule has 1 unspecified atom stereocenters. The van der Waals surface area contributed by atoms with E-state index in [1.807, 2.05) is 6.92 Å². The van der Waals surface area contributed by atoms with E-state index in [9.17, 15) is 18.3 Å². The first-order chi connectivity index (χ1) is 9.10. The summed E-state index contributed by atoms with van der Waals surface area (Å²) in [4.78, 5) is 10.6. The quantitative estimate of drug-likeness (QED) is 0.707. The highest BCUT2D eigenvalue weighted by atomic mass is 32.2. The van der Waals surface area contributed by atoms with Crippen LogP contribution >= 0.6 is 11.3 Å². The lowest BCUT2D eigenvalue weighted by atomic mass is 10.0. The number of aliphatic hydroxyl groups is 1. The van der Waals surface area contributed by atoms with Crippen LogP contribution in [0.15, 0.2) is 10.3 Å². The van der Waals surface area contributed by atoms with E-state index >= 15 is 0 Å². The fourth-order valence-corrected chi connectivity index (χ4v) is 4.65. The number of hydrogen-bond donors (Lipinski definition) is 3. The van der Waals surface area contributed by atoms with Gasteiger partial charge in [0.2, 0.25) is 10.0 Å². The molecule has 3 N–H and O–H groups in total. The smallest absolute Gasteiger partial charge is 0.347 e. The number of carboxylic acids is 1. The zero-order valence-electron chi connectivity index (χ0n) is 11.6. The summed E-state index contributed by atoms with van der Waals surface area (Å²) in [5, 5.41) is 20.5. The fourth-order valence-electron chi connectivity index (χ4n) is 1.86. The summed E-state index contributed by atoms with van der Waals surface area (Å²) in [6.45, 7) is 4.81. The van der Waals surface area contributed by atoms with Crippen molar-refractivity contribution in [3.8, 4) is 0 Å². The van der Waals surface area contributed by atoms with Crippen molar-refractivity contribution in [3.05, 3.63) is 15.8 Å². The number of carboxylic acid groups (broad SMARTS) is 1. The summed E-state index contributed by atoms with van der Waals surface area (Å²) in [6.07, 6.45) is 1.16. The molecule has 1 heterocycles. The molecule has 0 saturated heterocycles. The Morgan fingerprint density at radius 1 is 1.50 bits per heavy atom. The van der Waals surface area contributed by atoms with Crippen LogP contribution in [0.3, 0.4) is 0 Å². The Labute approximate surface area is 122 Å². The number of thiophene rings is 1. The van der Waals surface area contributed by atoms with Crippen molar-refractivity contribution in [1.29, 1.82) is 0 Å². The SMILES string of the molecule is CCCC(C)(O)CNS(=O)(=O)c1c(C)csc1C(=O)O. The average Bonchev–Trinajstić information content (AvgIpc) is 2.70. The maximum Gasteiger partial charge on any atom is 0.347 e. The predicted molar refractivity (Wildman–Crippen MR) is 76.7 cm³/mol. The monoisotopic (exact) mass is 321 g/mol. The topological polar surface area (TPSA) is 104 Å². The second-order valence-corrected chi connectivity index (χ2v) is 7.54. The molecule has 1 rings (SSSR count). The van der Waals surface area contributed by atoms with Crippen LogP contribution in [0, 0.1) is 6.92 Å². The number of carbonyl (C=O) groups is 1. The van der Waals surface area contributed by atoms with E-state index in [0.717, 1.165) is 11.3 Å². The van der Waals surface area contributed by atoms with E-state index in [4.69, 9.17) is 5.11 Å². The Kier molecular flexibility index (Phi) is 5.31. The standard InChI is InChI=1S/C12H19NO5S2/c1-4-5-12(3,16)7-13-20(17,18)10-8(2)6-19-9(10)11(14)15/h6,13,16H,4-5,7H2,1-3H3,(H,14,15). The summed E-state index contributed by atoms with van der Waals surface area (Å²) in [7, 11) is -3.96. The van der Waals surface area contributed by atoms with E-state index in [0.29, 0.717) is 18.4 Å². The van der Waals surface area contributed by atoms with E-state index in [1.54, 1.807) is 6.92 Å². The molecule has 1 aromatic rings. The third-order valence-corrected chi connectivity index (χ3v) is 5.62. The number of rotatable bonds is 7. The largest absolute Gasteiger partial charge is 0.477 e. The van der Waals surface area contributed by atoms with Gasteiger partial charge in [-0.2, -0.15) is 0 Å². The summed E-state index contributed by atoms with van der Waals surface area (Å²) in [5.74, 6) is -1.27. The molecule has 0 radical (unpaired) electrons. The lowest BCUT2D eigenvalue weighted by molar-refractivity contribution is 0.0554. The Hall–Kier alpha value is -0.960. The maximum absolute atomic E-state index is 12.2. The highest BCUT2D eigenvalue weighted by molar-refractivity contribution is 7.89. The minimum Gasteiger partial charge on any atom is -0.477 e. The molecule has 6 nitrogen and oxygen atoms in total. The minimum absolute atomic E-state index is 0.155. The highest BCUT2D eigenvalue weighted by Gasteiger charge is 2.29.